The fraction of sp³-hybridized carbons (Fsp3) is 0.571. The van der Waals surface area contributed by atoms with Crippen LogP contribution in [0.5, 0.6) is 0 Å². The number of anilines is 2. The first-order chi connectivity index (χ1) is 32.3. The van der Waals surface area contributed by atoms with Crippen molar-refractivity contribution in [3.63, 3.8) is 0 Å². The predicted octanol–water partition coefficient (Wildman–Crippen LogP) is 3.55. The van der Waals surface area contributed by atoms with E-state index in [1.807, 2.05) is 136 Å². The number of halogens is 6. The molecule has 0 spiro atoms. The van der Waals surface area contributed by atoms with Crippen LogP contribution in [0.15, 0.2) is 0 Å². The lowest BCUT2D eigenvalue weighted by molar-refractivity contribution is -0.141. The molecular formula is C42H53I6N7O14. The molecule has 27 heteroatoms. The van der Waals surface area contributed by atoms with Gasteiger partial charge >= 0.3 is 0 Å². The molecule has 0 bridgehead atoms. The average molecular weight is 1640 g/mol. The van der Waals surface area contributed by atoms with Gasteiger partial charge in [-0.3, -0.25) is 33.7 Å². The Morgan fingerprint density at radius 1 is 0.507 bits per heavy atom. The summed E-state index contributed by atoms with van der Waals surface area (Å²) < 4.78 is 36.9. The van der Waals surface area contributed by atoms with Gasteiger partial charge in [-0.2, -0.15) is 0 Å². The molecule has 0 aromatic heterocycles. The summed E-state index contributed by atoms with van der Waals surface area (Å²) in [6.07, 6.45) is -1.42. The Labute approximate surface area is 480 Å². The zero-order chi connectivity index (χ0) is 51.2. The predicted molar refractivity (Wildman–Crippen MR) is 301 cm³/mol. The van der Waals surface area contributed by atoms with Gasteiger partial charge < -0.3 is 70.5 Å². The minimum atomic E-state index is -0.935. The molecule has 3 heterocycles. The number of rotatable bonds is 20. The lowest BCUT2D eigenvalue weighted by Gasteiger charge is -2.26. The lowest BCUT2D eigenvalue weighted by Crippen LogP contribution is -2.44. The second-order valence-electron chi connectivity index (χ2n) is 17.1. The molecule has 8 N–H and O–H groups in total. The molecule has 382 valence electrons. The minimum Gasteiger partial charge on any atom is -0.395 e. The number of amides is 6. The molecule has 6 amide bonds. The number of ether oxygens (including phenoxy) is 6. The molecule has 0 radical (unpaired) electrons. The summed E-state index contributed by atoms with van der Waals surface area (Å²) >= 11 is 11.6. The van der Waals surface area contributed by atoms with Crippen molar-refractivity contribution >= 4 is 182 Å². The number of nitrogens with one attached hydrogen (secondary N) is 6. The first-order valence-corrected chi connectivity index (χ1v) is 27.8. The second-order valence-corrected chi connectivity index (χ2v) is 23.6. The van der Waals surface area contributed by atoms with Crippen molar-refractivity contribution in [1.82, 2.24) is 26.2 Å². The molecule has 3 atom stereocenters. The van der Waals surface area contributed by atoms with Gasteiger partial charge in [-0.15, -0.1) is 0 Å². The number of carbonyl (C=O) groups is 6. The highest BCUT2D eigenvalue weighted by Gasteiger charge is 2.38. The summed E-state index contributed by atoms with van der Waals surface area (Å²) in [7, 11) is 0. The van der Waals surface area contributed by atoms with E-state index in [0.29, 0.717) is 17.9 Å². The molecule has 2 aromatic carbocycles. The van der Waals surface area contributed by atoms with Crippen molar-refractivity contribution in [2.75, 3.05) is 89.5 Å². The van der Waals surface area contributed by atoms with Crippen LogP contribution >= 0.6 is 136 Å². The molecular weight excluding hydrogens is 1590 g/mol. The monoisotopic (exact) mass is 1640 g/mol. The van der Waals surface area contributed by atoms with Crippen LogP contribution in [0.3, 0.4) is 0 Å². The molecule has 3 aliphatic rings. The van der Waals surface area contributed by atoms with Gasteiger partial charge in [0.2, 0.25) is 11.8 Å². The van der Waals surface area contributed by atoms with Crippen molar-refractivity contribution in [3.8, 4) is 0 Å². The number of carbonyl (C=O) groups excluding carboxylic acids is 6. The summed E-state index contributed by atoms with van der Waals surface area (Å²) in [5, 5.41) is 35.6. The standard InChI is InChI=1S/C42H53I6N7O14/c1-40(2)64-16-19(67-40)11-51-38(62)26-29(44)27(39(63)52-12-20-17-65-41(3,4)68-20)33(48)35(32(26)47)54-23(59)15-55(13-21-18-66-42(5,6)69-21)14-22(58)53-34-30(45)24(36(60)49-7-9-56)28(43)25(31(34)46)37(61)50-8-10-57/h19-21,56-57H,7-18H2,1-6H3,(H,49,60)(H,50,61)(H,51,62)(H,52,63)(H,53,58)(H,54,59). The normalized spacial score (nSPS) is 20.1. The highest BCUT2D eigenvalue weighted by atomic mass is 127. The summed E-state index contributed by atoms with van der Waals surface area (Å²) in [5.74, 6) is -6.02. The smallest absolute Gasteiger partial charge is 0.253 e. The zero-order valence-electron chi connectivity index (χ0n) is 38.2. The van der Waals surface area contributed by atoms with E-state index in [9.17, 15) is 39.0 Å². The van der Waals surface area contributed by atoms with Crippen LogP contribution in [0.4, 0.5) is 11.4 Å². The Morgan fingerprint density at radius 2 is 0.812 bits per heavy atom. The van der Waals surface area contributed by atoms with Gasteiger partial charge in [-0.25, -0.2) is 0 Å². The van der Waals surface area contributed by atoms with E-state index >= 15 is 0 Å². The first kappa shape index (κ1) is 59.2. The topological polar surface area (TPSA) is 274 Å². The molecule has 5 rings (SSSR count). The number of hydrogen-bond acceptors (Lipinski definition) is 15. The van der Waals surface area contributed by atoms with E-state index in [0.717, 1.165) is 0 Å². The highest BCUT2D eigenvalue weighted by Crippen LogP contribution is 2.38. The van der Waals surface area contributed by atoms with Crippen molar-refractivity contribution in [2.45, 2.75) is 77.2 Å². The number of aliphatic hydroxyl groups is 2. The third kappa shape index (κ3) is 15.9. The quantitative estimate of drug-likeness (QED) is 0.0881. The van der Waals surface area contributed by atoms with Gasteiger partial charge in [0.05, 0.1) is 100 Å². The van der Waals surface area contributed by atoms with E-state index in [1.54, 1.807) is 46.4 Å². The van der Waals surface area contributed by atoms with E-state index in [4.69, 9.17) is 28.4 Å². The summed E-state index contributed by atoms with van der Waals surface area (Å²) in [6, 6.07) is 0. The van der Waals surface area contributed by atoms with Crippen LogP contribution in [-0.4, -0.2) is 165 Å². The number of hydrogen-bond donors (Lipinski definition) is 8. The molecule has 2 aromatic rings. The van der Waals surface area contributed by atoms with Crippen molar-refractivity contribution < 1.29 is 67.4 Å². The van der Waals surface area contributed by atoms with Crippen LogP contribution in [-0.2, 0) is 38.0 Å². The zero-order valence-corrected chi connectivity index (χ0v) is 51.2. The van der Waals surface area contributed by atoms with Crippen molar-refractivity contribution in [2.24, 2.45) is 0 Å². The first-order valence-electron chi connectivity index (χ1n) is 21.3. The molecule has 3 aliphatic heterocycles. The number of nitrogens with zero attached hydrogens (tertiary/aromatic N) is 1. The Morgan fingerprint density at radius 3 is 1.10 bits per heavy atom. The lowest BCUT2D eigenvalue weighted by atomic mass is 10.1. The van der Waals surface area contributed by atoms with E-state index in [-0.39, 0.29) is 116 Å². The van der Waals surface area contributed by atoms with Crippen LogP contribution in [0, 0.1) is 21.4 Å². The van der Waals surface area contributed by atoms with Crippen molar-refractivity contribution in [1.29, 1.82) is 0 Å². The highest BCUT2D eigenvalue weighted by molar-refractivity contribution is 14.1. The van der Waals surface area contributed by atoms with Gasteiger partial charge in [0, 0.05) is 39.9 Å². The number of aliphatic hydroxyl groups excluding tert-OH is 2. The Balaban J connectivity index is 1.46. The fourth-order valence-electron chi connectivity index (χ4n) is 7.27. The molecule has 3 fully saturated rings. The van der Waals surface area contributed by atoms with Crippen LogP contribution in [0.25, 0.3) is 0 Å². The fourth-order valence-corrected chi connectivity index (χ4v) is 16.1. The average Bonchev–Trinajstić information content (AvgIpc) is 3.92. The molecule has 0 saturated carbocycles. The molecule has 0 aliphatic carbocycles. The van der Waals surface area contributed by atoms with Crippen molar-refractivity contribution in [3.05, 3.63) is 43.7 Å². The Kier molecular flexibility index (Phi) is 22.0. The largest absolute Gasteiger partial charge is 0.395 e. The molecule has 21 nitrogen and oxygen atoms in total. The molecule has 3 unspecified atom stereocenters. The Hall–Kier alpha value is -0.720. The van der Waals surface area contributed by atoms with Gasteiger partial charge in [0.15, 0.2) is 17.4 Å². The van der Waals surface area contributed by atoms with Gasteiger partial charge in [0.25, 0.3) is 23.6 Å². The SMILES string of the molecule is CC1(C)OCC(CNC(=O)c2c(I)c(NC(=O)CN(CC(=O)Nc3c(I)c(C(=O)NCCO)c(I)c(C(=O)NCCO)c3I)CC3COC(C)(C)O3)c(I)c(C(=O)NCC3COC(C)(C)O3)c2I)O1. The molecule has 69 heavy (non-hydrogen) atoms. The summed E-state index contributed by atoms with van der Waals surface area (Å²) in [6.45, 7) is 9.94. The van der Waals surface area contributed by atoms with E-state index in [2.05, 4.69) is 31.9 Å². The summed E-state index contributed by atoms with van der Waals surface area (Å²) in [5.41, 5.74) is 0.795. The number of benzene rings is 2. The van der Waals surface area contributed by atoms with E-state index < -0.39 is 71.1 Å². The van der Waals surface area contributed by atoms with Gasteiger partial charge in [-0.1, -0.05) is 0 Å². The van der Waals surface area contributed by atoms with Crippen LogP contribution in [0.1, 0.15) is 83.0 Å². The second kappa shape index (κ2) is 25.7. The maximum Gasteiger partial charge on any atom is 0.253 e. The summed E-state index contributed by atoms with van der Waals surface area (Å²) in [4.78, 5) is 85.1. The van der Waals surface area contributed by atoms with E-state index in [1.165, 1.54) is 0 Å². The third-order valence-electron chi connectivity index (χ3n) is 10.2. The third-order valence-corrected chi connectivity index (χ3v) is 16.7. The Bertz CT molecular complexity index is 2210. The minimum absolute atomic E-state index is 0.0461. The maximum absolute atomic E-state index is 14.3. The molecule has 3 saturated heterocycles. The van der Waals surface area contributed by atoms with Gasteiger partial charge in [-0.05, 0) is 177 Å². The van der Waals surface area contributed by atoms with Crippen LogP contribution in [0.2, 0.25) is 0 Å². The maximum atomic E-state index is 14.3. The van der Waals surface area contributed by atoms with Crippen LogP contribution < -0.4 is 31.9 Å². The van der Waals surface area contributed by atoms with Gasteiger partial charge in [0.1, 0.15) is 12.2 Å².